The first-order chi connectivity index (χ1) is 26.3. The molecule has 54 heavy (non-hydrogen) atoms. The predicted molar refractivity (Wildman–Crippen MR) is 204 cm³/mol. The largest absolute Gasteiger partial charge is 0.459 e. The summed E-state index contributed by atoms with van der Waals surface area (Å²) in [5, 5.41) is 35.8. The van der Waals surface area contributed by atoms with Crippen LogP contribution >= 0.6 is 0 Å². The van der Waals surface area contributed by atoms with E-state index in [1.807, 2.05) is 26.0 Å². The SMILES string of the molecule is C=CCOC12Oc3ccc(Oc4cccc([N+](=O)[O-])c4)cc3C3C(CCCCO)C(CCCCO)C=C(C(=NOCC)CC1N(CCC)C(=O)OCC)C32. The first kappa shape index (κ1) is 40.7. The summed E-state index contributed by atoms with van der Waals surface area (Å²) in [4.78, 5) is 32.4. The minimum atomic E-state index is -1.39. The Bertz CT molecular complexity index is 1660. The van der Waals surface area contributed by atoms with E-state index in [0.717, 1.165) is 36.8 Å². The Morgan fingerprint density at radius 2 is 1.83 bits per heavy atom. The molecular weight excluding hydrogens is 694 g/mol. The van der Waals surface area contributed by atoms with Gasteiger partial charge in [-0.2, -0.15) is 0 Å². The van der Waals surface area contributed by atoms with Gasteiger partial charge in [0.25, 0.3) is 5.69 Å². The molecule has 294 valence electrons. The molecule has 3 aliphatic rings. The molecule has 5 rings (SSSR count). The average molecular weight is 750 g/mol. The zero-order chi connectivity index (χ0) is 38.7. The Balaban J connectivity index is 1.77. The number of hydrogen-bond acceptors (Lipinski definition) is 11. The molecule has 0 saturated heterocycles. The Morgan fingerprint density at radius 3 is 2.52 bits per heavy atom. The number of oxime groups is 1. The molecule has 0 bridgehead atoms. The highest BCUT2D eigenvalue weighted by Gasteiger charge is 2.65. The van der Waals surface area contributed by atoms with Gasteiger partial charge in [-0.15, -0.1) is 6.58 Å². The minimum Gasteiger partial charge on any atom is -0.459 e. The highest BCUT2D eigenvalue weighted by atomic mass is 16.7. The molecule has 0 radical (unpaired) electrons. The normalized spacial score (nSPS) is 24.7. The maximum atomic E-state index is 13.8. The number of aliphatic hydroxyl groups is 2. The van der Waals surface area contributed by atoms with E-state index >= 15 is 0 Å². The summed E-state index contributed by atoms with van der Waals surface area (Å²) in [5.74, 6) is -0.638. The molecular formula is C41H55N3O10. The second-order valence-electron chi connectivity index (χ2n) is 13.9. The van der Waals surface area contributed by atoms with Gasteiger partial charge < -0.3 is 34.0 Å². The maximum Gasteiger partial charge on any atom is 0.410 e. The lowest BCUT2D eigenvalue weighted by atomic mass is 9.55. The Labute approximate surface area is 317 Å². The van der Waals surface area contributed by atoms with Gasteiger partial charge in [0, 0.05) is 43.7 Å². The van der Waals surface area contributed by atoms with Gasteiger partial charge in [0.15, 0.2) is 0 Å². The summed E-state index contributed by atoms with van der Waals surface area (Å²) in [6.07, 6.45) is 8.91. The number of unbranched alkanes of at least 4 members (excludes halogenated alkanes) is 2. The lowest BCUT2D eigenvalue weighted by molar-refractivity contribution is -0.384. The molecule has 2 N–H and O–H groups in total. The van der Waals surface area contributed by atoms with Crippen molar-refractivity contribution < 1.29 is 43.7 Å². The van der Waals surface area contributed by atoms with Gasteiger partial charge in [-0.1, -0.05) is 43.1 Å². The Kier molecular flexibility index (Phi) is 14.5. The van der Waals surface area contributed by atoms with Crippen molar-refractivity contribution in [1.29, 1.82) is 0 Å². The number of nitro benzene ring substituents is 1. The number of rotatable bonds is 20. The summed E-state index contributed by atoms with van der Waals surface area (Å²) >= 11 is 0. The molecule has 2 aromatic carbocycles. The first-order valence-corrected chi connectivity index (χ1v) is 19.3. The predicted octanol–water partition coefficient (Wildman–Crippen LogP) is 7.91. The van der Waals surface area contributed by atoms with Crippen LogP contribution in [-0.2, 0) is 14.3 Å². The minimum absolute atomic E-state index is 0.0284. The number of nitrogens with zero attached hydrogens (tertiary/aromatic N) is 3. The molecule has 13 nitrogen and oxygen atoms in total. The highest BCUT2D eigenvalue weighted by molar-refractivity contribution is 6.03. The van der Waals surface area contributed by atoms with Crippen molar-refractivity contribution in [3.8, 4) is 17.2 Å². The van der Waals surface area contributed by atoms with Gasteiger partial charge in [-0.3, -0.25) is 15.0 Å². The van der Waals surface area contributed by atoms with Gasteiger partial charge in [0.1, 0.15) is 29.9 Å². The van der Waals surface area contributed by atoms with Crippen molar-refractivity contribution in [2.45, 2.75) is 89.9 Å². The van der Waals surface area contributed by atoms with Gasteiger partial charge >= 0.3 is 6.09 Å². The van der Waals surface area contributed by atoms with Crippen LogP contribution in [0.1, 0.15) is 83.6 Å². The second kappa shape index (κ2) is 19.2. The Morgan fingerprint density at radius 1 is 1.07 bits per heavy atom. The van der Waals surface area contributed by atoms with E-state index in [1.165, 1.54) is 12.1 Å². The van der Waals surface area contributed by atoms with E-state index in [1.54, 1.807) is 36.1 Å². The monoisotopic (exact) mass is 749 g/mol. The highest BCUT2D eigenvalue weighted by Crippen LogP contribution is 2.62. The number of fused-ring (bicyclic) bond motifs is 2. The lowest BCUT2D eigenvalue weighted by Gasteiger charge is -2.59. The number of non-ortho nitro benzene ring substituents is 1. The van der Waals surface area contributed by atoms with Crippen molar-refractivity contribution >= 4 is 17.5 Å². The number of carbonyl (C=O) groups is 1. The van der Waals surface area contributed by atoms with Crippen LogP contribution in [-0.4, -0.2) is 83.2 Å². The van der Waals surface area contributed by atoms with Crippen LogP contribution < -0.4 is 9.47 Å². The fourth-order valence-corrected chi connectivity index (χ4v) is 8.47. The molecule has 1 aliphatic heterocycles. The topological polar surface area (TPSA) is 162 Å². The van der Waals surface area contributed by atoms with Crippen LogP contribution in [0.25, 0.3) is 0 Å². The summed E-state index contributed by atoms with van der Waals surface area (Å²) < 4.78 is 26.0. The van der Waals surface area contributed by atoms with E-state index < -0.39 is 28.8 Å². The van der Waals surface area contributed by atoms with Gasteiger partial charge in [0.2, 0.25) is 5.79 Å². The van der Waals surface area contributed by atoms with Crippen LogP contribution in [0, 0.1) is 27.9 Å². The number of allylic oxidation sites excluding steroid dienone is 1. The third kappa shape index (κ3) is 8.74. The van der Waals surface area contributed by atoms with Crippen LogP contribution in [0.5, 0.6) is 17.2 Å². The zero-order valence-corrected chi connectivity index (χ0v) is 31.7. The number of nitro groups is 1. The van der Waals surface area contributed by atoms with E-state index in [-0.39, 0.29) is 56.3 Å². The molecule has 1 amide bonds. The third-order valence-corrected chi connectivity index (χ3v) is 10.6. The molecule has 1 heterocycles. The first-order valence-electron chi connectivity index (χ1n) is 19.3. The summed E-state index contributed by atoms with van der Waals surface area (Å²) in [6, 6.07) is 11.0. The molecule has 1 fully saturated rings. The van der Waals surface area contributed by atoms with Crippen LogP contribution in [0.3, 0.4) is 0 Å². The van der Waals surface area contributed by atoms with Gasteiger partial charge in [0.05, 0.1) is 35.8 Å². The smallest absolute Gasteiger partial charge is 0.410 e. The quantitative estimate of drug-likeness (QED) is 0.0589. The second-order valence-corrected chi connectivity index (χ2v) is 13.9. The van der Waals surface area contributed by atoms with E-state index in [0.29, 0.717) is 55.4 Å². The molecule has 2 aromatic rings. The average Bonchev–Trinajstić information content (AvgIpc) is 3.17. The number of benzene rings is 2. The lowest BCUT2D eigenvalue weighted by Crippen LogP contribution is -2.70. The molecule has 1 saturated carbocycles. The summed E-state index contributed by atoms with van der Waals surface area (Å²) in [6.45, 7) is 10.9. The standard InChI is InChI=1S/C41H55N3O10/c1-5-20-43(40(47)50-7-3)37-27-35(42-52-8-4)33-24-28(14-9-11-21-45)32(17-10-12-22-46)38-34-26-31(53-30-16-13-15-29(25-30)44(48)49)18-19-36(34)54-41(37,39(33)38)51-23-6-2/h6,13,15-16,18-19,24-26,28,32,37-39,45-46H,2,5,7-12,14,17,20-23,27H2,1,3-4H3. The number of carbonyl (C=O) groups excluding carboxylic acids is 1. The van der Waals surface area contributed by atoms with E-state index in [2.05, 4.69) is 12.7 Å². The summed E-state index contributed by atoms with van der Waals surface area (Å²) in [7, 11) is 0. The molecule has 6 unspecified atom stereocenters. The molecule has 2 aliphatic carbocycles. The van der Waals surface area contributed by atoms with Crippen molar-refractivity contribution in [2.24, 2.45) is 22.9 Å². The molecule has 13 heteroatoms. The number of amides is 1. The van der Waals surface area contributed by atoms with E-state index in [9.17, 15) is 25.1 Å². The molecule has 6 atom stereocenters. The number of ether oxygens (including phenoxy) is 4. The van der Waals surface area contributed by atoms with Crippen molar-refractivity contribution in [3.05, 3.63) is 82.4 Å². The fourth-order valence-electron chi connectivity index (χ4n) is 8.47. The molecule has 0 spiro atoms. The maximum absolute atomic E-state index is 13.8. The van der Waals surface area contributed by atoms with Crippen LogP contribution in [0.2, 0.25) is 0 Å². The van der Waals surface area contributed by atoms with Gasteiger partial charge in [-0.05, 0) is 87.6 Å². The van der Waals surface area contributed by atoms with Crippen molar-refractivity contribution in [1.82, 2.24) is 4.90 Å². The number of aliphatic hydroxyl groups excluding tert-OH is 2. The van der Waals surface area contributed by atoms with Crippen molar-refractivity contribution in [3.63, 3.8) is 0 Å². The third-order valence-electron chi connectivity index (χ3n) is 10.6. The fraction of sp³-hybridized carbons (Fsp3) is 0.561. The van der Waals surface area contributed by atoms with Gasteiger partial charge in [-0.25, -0.2) is 4.79 Å². The zero-order valence-electron chi connectivity index (χ0n) is 31.7. The van der Waals surface area contributed by atoms with Crippen LogP contribution in [0.4, 0.5) is 10.5 Å². The Hall–Kier alpha value is -4.46. The van der Waals surface area contributed by atoms with Crippen LogP contribution in [0.15, 0.2) is 71.9 Å². The summed E-state index contributed by atoms with van der Waals surface area (Å²) in [5.41, 5.74) is 2.43. The number of hydrogen-bond donors (Lipinski definition) is 2. The van der Waals surface area contributed by atoms with Crippen molar-refractivity contribution in [2.75, 3.05) is 39.6 Å². The van der Waals surface area contributed by atoms with E-state index in [4.69, 9.17) is 28.9 Å². The molecule has 0 aromatic heterocycles.